The van der Waals surface area contributed by atoms with E-state index in [0.29, 0.717) is 18.8 Å². The Morgan fingerprint density at radius 3 is 2.85 bits per heavy atom. The fourth-order valence-electron chi connectivity index (χ4n) is 3.46. The lowest BCUT2D eigenvalue weighted by atomic mass is 9.97. The summed E-state index contributed by atoms with van der Waals surface area (Å²) in [5, 5.41) is 2.77. The minimum Gasteiger partial charge on any atom is -0.342 e. The average Bonchev–Trinajstić information content (AvgIpc) is 3.19. The summed E-state index contributed by atoms with van der Waals surface area (Å²) in [6, 6.07) is 15.8. The number of piperidine rings is 1. The Kier molecular flexibility index (Phi) is 4.87. The lowest BCUT2D eigenvalue weighted by Gasteiger charge is -2.31. The number of aromatic amines is 1. The lowest BCUT2D eigenvalue weighted by molar-refractivity contribution is 0.191. The summed E-state index contributed by atoms with van der Waals surface area (Å²) < 4.78 is 13.3. The Hall–Kier alpha value is -3.15. The van der Waals surface area contributed by atoms with Crippen LogP contribution in [0.2, 0.25) is 0 Å². The second-order valence-electron chi connectivity index (χ2n) is 6.77. The molecule has 1 saturated heterocycles. The van der Waals surface area contributed by atoms with Crippen LogP contribution in [0.1, 0.15) is 24.6 Å². The molecule has 2 heterocycles. The number of hydrogen-bond acceptors (Lipinski definition) is 2. The van der Waals surface area contributed by atoms with Crippen LogP contribution < -0.4 is 5.32 Å². The standard InChI is InChI=1S/C21H21FN4O/c22-17-9-4-10-18(12-17)24-21(27)26-11-5-8-16(14-26)20-23-13-19(25-20)15-6-2-1-3-7-15/h1-4,6-7,9-10,12-13,16H,5,8,11,14H2,(H,23,25)(H,24,27). The van der Waals surface area contributed by atoms with Crippen LogP contribution in [0, 0.1) is 5.82 Å². The molecule has 1 aromatic heterocycles. The first-order chi connectivity index (χ1) is 13.2. The van der Waals surface area contributed by atoms with E-state index in [1.807, 2.05) is 36.5 Å². The number of anilines is 1. The van der Waals surface area contributed by atoms with E-state index < -0.39 is 0 Å². The number of benzene rings is 2. The van der Waals surface area contributed by atoms with Crippen molar-refractivity contribution in [1.82, 2.24) is 14.9 Å². The first kappa shape index (κ1) is 17.3. The fourth-order valence-corrected chi connectivity index (χ4v) is 3.46. The van der Waals surface area contributed by atoms with Crippen molar-refractivity contribution in [1.29, 1.82) is 0 Å². The number of carbonyl (C=O) groups excluding carboxylic acids is 1. The molecule has 5 nitrogen and oxygen atoms in total. The van der Waals surface area contributed by atoms with Gasteiger partial charge in [0, 0.05) is 24.7 Å². The number of amides is 2. The quantitative estimate of drug-likeness (QED) is 0.712. The van der Waals surface area contributed by atoms with Crippen LogP contribution in [0.15, 0.2) is 60.8 Å². The number of nitrogens with one attached hydrogen (secondary N) is 2. The van der Waals surface area contributed by atoms with Crippen molar-refractivity contribution in [3.05, 3.63) is 72.4 Å². The smallest absolute Gasteiger partial charge is 0.321 e. The van der Waals surface area contributed by atoms with E-state index in [0.717, 1.165) is 29.9 Å². The minimum absolute atomic E-state index is 0.162. The number of carbonyl (C=O) groups is 1. The van der Waals surface area contributed by atoms with Gasteiger partial charge in [-0.25, -0.2) is 14.2 Å². The molecule has 0 saturated carbocycles. The van der Waals surface area contributed by atoms with Crippen LogP contribution in [-0.2, 0) is 0 Å². The maximum absolute atomic E-state index is 13.3. The third-order valence-electron chi connectivity index (χ3n) is 4.85. The molecule has 1 aliphatic rings. The van der Waals surface area contributed by atoms with Crippen LogP contribution in [-0.4, -0.2) is 34.0 Å². The molecule has 0 radical (unpaired) electrons. The van der Waals surface area contributed by atoms with Gasteiger partial charge in [-0.15, -0.1) is 0 Å². The second-order valence-corrected chi connectivity index (χ2v) is 6.77. The van der Waals surface area contributed by atoms with Gasteiger partial charge in [-0.1, -0.05) is 36.4 Å². The first-order valence-corrected chi connectivity index (χ1v) is 9.11. The number of hydrogen-bond donors (Lipinski definition) is 2. The van der Waals surface area contributed by atoms with E-state index in [-0.39, 0.29) is 17.8 Å². The highest BCUT2D eigenvalue weighted by Gasteiger charge is 2.26. The average molecular weight is 364 g/mol. The molecular weight excluding hydrogens is 343 g/mol. The van der Waals surface area contributed by atoms with Crippen molar-refractivity contribution < 1.29 is 9.18 Å². The van der Waals surface area contributed by atoms with Crippen molar-refractivity contribution in [2.24, 2.45) is 0 Å². The third-order valence-corrected chi connectivity index (χ3v) is 4.85. The number of nitrogens with zero attached hydrogens (tertiary/aromatic N) is 2. The predicted molar refractivity (Wildman–Crippen MR) is 103 cm³/mol. The van der Waals surface area contributed by atoms with E-state index in [9.17, 15) is 9.18 Å². The van der Waals surface area contributed by atoms with Crippen molar-refractivity contribution in [2.75, 3.05) is 18.4 Å². The summed E-state index contributed by atoms with van der Waals surface area (Å²) in [4.78, 5) is 22.3. The van der Waals surface area contributed by atoms with Gasteiger partial charge in [-0.3, -0.25) is 0 Å². The highest BCUT2D eigenvalue weighted by molar-refractivity contribution is 5.89. The molecular formula is C21H21FN4O. The van der Waals surface area contributed by atoms with Crippen LogP contribution in [0.3, 0.4) is 0 Å². The van der Waals surface area contributed by atoms with Crippen LogP contribution >= 0.6 is 0 Å². The molecule has 6 heteroatoms. The number of rotatable bonds is 3. The summed E-state index contributed by atoms with van der Waals surface area (Å²) in [7, 11) is 0. The second kappa shape index (κ2) is 7.61. The number of H-pyrrole nitrogens is 1. The van der Waals surface area contributed by atoms with Crippen molar-refractivity contribution in [2.45, 2.75) is 18.8 Å². The van der Waals surface area contributed by atoms with Gasteiger partial charge in [0.2, 0.25) is 0 Å². The fraction of sp³-hybridized carbons (Fsp3) is 0.238. The normalized spacial score (nSPS) is 16.9. The van der Waals surface area contributed by atoms with E-state index in [4.69, 9.17) is 0 Å². The highest BCUT2D eigenvalue weighted by Crippen LogP contribution is 2.27. The molecule has 1 aliphatic heterocycles. The van der Waals surface area contributed by atoms with Gasteiger partial charge in [0.1, 0.15) is 11.6 Å². The minimum atomic E-state index is -0.367. The van der Waals surface area contributed by atoms with E-state index in [1.165, 1.54) is 12.1 Å². The Bertz CT molecular complexity index is 925. The van der Waals surface area contributed by atoms with Gasteiger partial charge in [0.25, 0.3) is 0 Å². The summed E-state index contributed by atoms with van der Waals surface area (Å²) in [5.41, 5.74) is 2.53. The first-order valence-electron chi connectivity index (χ1n) is 9.11. The van der Waals surface area contributed by atoms with Crippen molar-refractivity contribution in [3.63, 3.8) is 0 Å². The van der Waals surface area contributed by atoms with Crippen LogP contribution in [0.25, 0.3) is 11.3 Å². The van der Waals surface area contributed by atoms with E-state index >= 15 is 0 Å². The molecule has 1 unspecified atom stereocenters. The Morgan fingerprint density at radius 2 is 2.04 bits per heavy atom. The Balaban J connectivity index is 1.44. The zero-order valence-corrected chi connectivity index (χ0v) is 14.9. The van der Waals surface area contributed by atoms with Crippen LogP contribution in [0.5, 0.6) is 0 Å². The molecule has 2 N–H and O–H groups in total. The maximum atomic E-state index is 13.3. The SMILES string of the molecule is O=C(Nc1cccc(F)c1)N1CCCC(c2ncc(-c3ccccc3)[nH]2)C1. The van der Waals surface area contributed by atoms with Gasteiger partial charge in [0.15, 0.2) is 0 Å². The molecule has 0 spiro atoms. The van der Waals surface area contributed by atoms with Gasteiger partial charge in [-0.2, -0.15) is 0 Å². The zero-order chi connectivity index (χ0) is 18.6. The molecule has 138 valence electrons. The maximum Gasteiger partial charge on any atom is 0.321 e. The number of imidazole rings is 1. The summed E-state index contributed by atoms with van der Waals surface area (Å²) >= 11 is 0. The predicted octanol–water partition coefficient (Wildman–Crippen LogP) is 4.63. The van der Waals surface area contributed by atoms with E-state index in [1.54, 1.807) is 17.0 Å². The molecule has 4 rings (SSSR count). The van der Waals surface area contributed by atoms with E-state index in [2.05, 4.69) is 15.3 Å². The number of aromatic nitrogens is 2. The van der Waals surface area contributed by atoms with Gasteiger partial charge >= 0.3 is 6.03 Å². The topological polar surface area (TPSA) is 61.0 Å². The Morgan fingerprint density at radius 1 is 1.19 bits per heavy atom. The molecule has 0 bridgehead atoms. The van der Waals surface area contributed by atoms with Gasteiger partial charge in [0.05, 0.1) is 11.9 Å². The molecule has 3 aromatic rings. The number of likely N-dealkylation sites (tertiary alicyclic amines) is 1. The molecule has 1 fully saturated rings. The largest absolute Gasteiger partial charge is 0.342 e. The molecule has 27 heavy (non-hydrogen) atoms. The molecule has 2 amide bonds. The molecule has 0 aliphatic carbocycles. The Labute approximate surface area is 157 Å². The molecule has 2 aromatic carbocycles. The van der Waals surface area contributed by atoms with Gasteiger partial charge < -0.3 is 15.2 Å². The van der Waals surface area contributed by atoms with Crippen LogP contribution in [0.4, 0.5) is 14.9 Å². The summed E-state index contributed by atoms with van der Waals surface area (Å²) in [5.74, 6) is 0.694. The third kappa shape index (κ3) is 4.00. The summed E-state index contributed by atoms with van der Waals surface area (Å²) in [6.07, 6.45) is 3.73. The summed E-state index contributed by atoms with van der Waals surface area (Å²) in [6.45, 7) is 1.27. The van der Waals surface area contributed by atoms with Crippen molar-refractivity contribution in [3.8, 4) is 11.3 Å². The lowest BCUT2D eigenvalue weighted by Crippen LogP contribution is -2.41. The number of halogens is 1. The highest BCUT2D eigenvalue weighted by atomic mass is 19.1. The number of urea groups is 1. The zero-order valence-electron chi connectivity index (χ0n) is 14.9. The monoisotopic (exact) mass is 364 g/mol. The van der Waals surface area contributed by atoms with Gasteiger partial charge in [-0.05, 0) is 36.6 Å². The molecule has 1 atom stereocenters. The van der Waals surface area contributed by atoms with Crippen molar-refractivity contribution >= 4 is 11.7 Å².